The summed E-state index contributed by atoms with van der Waals surface area (Å²) in [5.74, 6) is 1.10. The molecule has 3 aromatic rings. The van der Waals surface area contributed by atoms with Gasteiger partial charge in [-0.1, -0.05) is 60.9 Å². The van der Waals surface area contributed by atoms with Crippen LogP contribution in [-0.2, 0) is 24.2 Å². The first-order chi connectivity index (χ1) is 15.6. The number of halogens is 1. The van der Waals surface area contributed by atoms with E-state index in [2.05, 4.69) is 52.4 Å². The van der Waals surface area contributed by atoms with Gasteiger partial charge in [0.15, 0.2) is 0 Å². The van der Waals surface area contributed by atoms with Gasteiger partial charge in [-0.2, -0.15) is 4.98 Å². The van der Waals surface area contributed by atoms with Gasteiger partial charge in [-0.25, -0.2) is 0 Å². The first-order valence-corrected chi connectivity index (χ1v) is 11.7. The second-order valence-electron chi connectivity index (χ2n) is 8.24. The van der Waals surface area contributed by atoms with Crippen molar-refractivity contribution in [3.05, 3.63) is 64.5 Å². The summed E-state index contributed by atoms with van der Waals surface area (Å²) in [6, 6.07) is 13.6. The summed E-state index contributed by atoms with van der Waals surface area (Å²) < 4.78 is 5.47. The highest BCUT2D eigenvalue weighted by Crippen LogP contribution is 2.26. The van der Waals surface area contributed by atoms with Crippen molar-refractivity contribution in [1.82, 2.24) is 15.0 Å². The number of amides is 1. The number of piperidine rings is 1. The van der Waals surface area contributed by atoms with Crippen LogP contribution >= 0.6 is 11.6 Å². The number of nitrogens with one attached hydrogen (secondary N) is 1. The van der Waals surface area contributed by atoms with Gasteiger partial charge in [0.1, 0.15) is 0 Å². The highest BCUT2D eigenvalue weighted by Gasteiger charge is 2.27. The molecule has 1 aliphatic heterocycles. The quantitative estimate of drug-likeness (QED) is 0.522. The molecule has 168 valence electrons. The average molecular weight is 453 g/mol. The lowest BCUT2D eigenvalue weighted by Crippen LogP contribution is -2.40. The molecule has 32 heavy (non-hydrogen) atoms. The molecule has 1 N–H and O–H groups in total. The van der Waals surface area contributed by atoms with Crippen LogP contribution in [0.15, 0.2) is 47.0 Å². The SMILES string of the molecule is CCc1cccc(CC)c1NC(=O)C1CCCN(Cc2nc(-c3cccc(Cl)c3)no2)C1. The molecule has 0 saturated carbocycles. The van der Waals surface area contributed by atoms with Gasteiger partial charge in [0, 0.05) is 22.8 Å². The van der Waals surface area contributed by atoms with Crippen molar-refractivity contribution in [2.75, 3.05) is 18.4 Å². The standard InChI is InChI=1S/C25H29ClN4O2/c1-3-17-8-5-9-18(4-2)23(17)28-25(31)20-11-7-13-30(15-20)16-22-27-24(29-32-22)19-10-6-12-21(26)14-19/h5-6,8-10,12,14,20H,3-4,7,11,13,15-16H2,1-2H3,(H,28,31). The third kappa shape index (κ3) is 5.19. The van der Waals surface area contributed by atoms with E-state index in [4.69, 9.17) is 16.1 Å². The zero-order valence-electron chi connectivity index (χ0n) is 18.6. The van der Waals surface area contributed by atoms with E-state index >= 15 is 0 Å². The van der Waals surface area contributed by atoms with Crippen LogP contribution in [0.4, 0.5) is 5.69 Å². The molecular weight excluding hydrogens is 424 g/mol. The number of nitrogens with zero attached hydrogens (tertiary/aromatic N) is 3. The maximum atomic E-state index is 13.1. The first-order valence-electron chi connectivity index (χ1n) is 11.3. The summed E-state index contributed by atoms with van der Waals surface area (Å²) in [4.78, 5) is 19.9. The lowest BCUT2D eigenvalue weighted by Gasteiger charge is -2.31. The topological polar surface area (TPSA) is 71.3 Å². The molecule has 1 aromatic heterocycles. The molecule has 0 aliphatic carbocycles. The molecule has 0 bridgehead atoms. The van der Waals surface area contributed by atoms with Crippen LogP contribution in [0.2, 0.25) is 5.02 Å². The van der Waals surface area contributed by atoms with E-state index in [9.17, 15) is 4.79 Å². The molecule has 2 aromatic carbocycles. The molecule has 7 heteroatoms. The molecular formula is C25H29ClN4O2. The Hall–Kier alpha value is -2.70. The lowest BCUT2D eigenvalue weighted by molar-refractivity contribution is -0.121. The van der Waals surface area contributed by atoms with E-state index in [1.807, 2.05) is 24.3 Å². The maximum absolute atomic E-state index is 13.1. The summed E-state index contributed by atoms with van der Waals surface area (Å²) in [7, 11) is 0. The summed E-state index contributed by atoms with van der Waals surface area (Å²) in [6.45, 7) is 6.35. The number of rotatable bonds is 7. The molecule has 1 aliphatic rings. The van der Waals surface area contributed by atoms with Crippen molar-refractivity contribution in [1.29, 1.82) is 0 Å². The Bertz CT molecular complexity index is 1060. The molecule has 6 nitrogen and oxygen atoms in total. The Balaban J connectivity index is 1.40. The van der Waals surface area contributed by atoms with E-state index in [0.717, 1.165) is 43.5 Å². The van der Waals surface area contributed by atoms with Crippen molar-refractivity contribution in [2.24, 2.45) is 5.92 Å². The van der Waals surface area contributed by atoms with Crippen LogP contribution in [-0.4, -0.2) is 34.0 Å². The Morgan fingerprint density at radius 3 is 2.66 bits per heavy atom. The van der Waals surface area contributed by atoms with Gasteiger partial charge in [-0.15, -0.1) is 0 Å². The number of aromatic nitrogens is 2. The highest BCUT2D eigenvalue weighted by atomic mass is 35.5. The molecule has 0 spiro atoms. The first kappa shape index (κ1) is 22.5. The fraction of sp³-hybridized carbons (Fsp3) is 0.400. The highest BCUT2D eigenvalue weighted by molar-refractivity contribution is 6.30. The Morgan fingerprint density at radius 1 is 1.19 bits per heavy atom. The third-order valence-electron chi connectivity index (χ3n) is 6.03. The van der Waals surface area contributed by atoms with E-state index in [0.29, 0.717) is 29.8 Å². The van der Waals surface area contributed by atoms with Crippen LogP contribution in [0.1, 0.15) is 43.7 Å². The number of aryl methyl sites for hydroxylation is 2. The van der Waals surface area contributed by atoms with Gasteiger partial charge in [-0.05, 0) is 55.5 Å². The van der Waals surface area contributed by atoms with Crippen LogP contribution < -0.4 is 5.32 Å². The number of para-hydroxylation sites is 1. The van der Waals surface area contributed by atoms with Crippen LogP contribution in [0.3, 0.4) is 0 Å². The Kier molecular flexibility index (Phi) is 7.22. The molecule has 1 amide bonds. The number of anilines is 1. The van der Waals surface area contributed by atoms with Gasteiger partial charge in [0.2, 0.25) is 17.6 Å². The predicted molar refractivity (Wildman–Crippen MR) is 127 cm³/mol. The fourth-order valence-electron chi connectivity index (χ4n) is 4.30. The van der Waals surface area contributed by atoms with Gasteiger partial charge < -0.3 is 9.84 Å². The minimum Gasteiger partial charge on any atom is -0.338 e. The fourth-order valence-corrected chi connectivity index (χ4v) is 4.49. The lowest BCUT2D eigenvalue weighted by atomic mass is 9.96. The van der Waals surface area contributed by atoms with Crippen molar-refractivity contribution in [3.63, 3.8) is 0 Å². The minimum absolute atomic E-state index is 0.0614. The number of hydrogen-bond donors (Lipinski definition) is 1. The molecule has 1 unspecified atom stereocenters. The largest absolute Gasteiger partial charge is 0.338 e. The molecule has 2 heterocycles. The number of likely N-dealkylation sites (tertiary alicyclic amines) is 1. The van der Waals surface area contributed by atoms with Crippen LogP contribution in [0, 0.1) is 5.92 Å². The van der Waals surface area contributed by atoms with Gasteiger partial charge in [-0.3, -0.25) is 9.69 Å². The van der Waals surface area contributed by atoms with E-state index in [1.165, 1.54) is 11.1 Å². The van der Waals surface area contributed by atoms with Crippen molar-refractivity contribution >= 4 is 23.2 Å². The minimum atomic E-state index is -0.0614. The van der Waals surface area contributed by atoms with Gasteiger partial charge >= 0.3 is 0 Å². The third-order valence-corrected chi connectivity index (χ3v) is 6.27. The molecule has 0 radical (unpaired) electrons. The molecule has 1 fully saturated rings. The number of hydrogen-bond acceptors (Lipinski definition) is 5. The smallest absolute Gasteiger partial charge is 0.241 e. The zero-order valence-corrected chi connectivity index (χ0v) is 19.4. The van der Waals surface area contributed by atoms with Crippen molar-refractivity contribution in [2.45, 2.75) is 46.1 Å². The number of benzene rings is 2. The average Bonchev–Trinajstić information content (AvgIpc) is 3.28. The predicted octanol–water partition coefficient (Wildman–Crippen LogP) is 5.37. The summed E-state index contributed by atoms with van der Waals surface area (Å²) in [6.07, 6.45) is 3.64. The molecule has 4 rings (SSSR count). The second kappa shape index (κ2) is 10.3. The van der Waals surface area contributed by atoms with Gasteiger partial charge in [0.05, 0.1) is 12.5 Å². The van der Waals surface area contributed by atoms with Crippen molar-refractivity contribution < 1.29 is 9.32 Å². The molecule has 1 saturated heterocycles. The van der Waals surface area contributed by atoms with Crippen LogP contribution in [0.5, 0.6) is 0 Å². The zero-order chi connectivity index (χ0) is 22.5. The number of carbonyl (C=O) groups excluding carboxylic acids is 1. The van der Waals surface area contributed by atoms with E-state index in [-0.39, 0.29) is 11.8 Å². The Morgan fingerprint density at radius 2 is 1.94 bits per heavy atom. The van der Waals surface area contributed by atoms with Crippen molar-refractivity contribution in [3.8, 4) is 11.4 Å². The molecule has 1 atom stereocenters. The monoisotopic (exact) mass is 452 g/mol. The van der Waals surface area contributed by atoms with E-state index in [1.54, 1.807) is 0 Å². The summed E-state index contributed by atoms with van der Waals surface area (Å²) in [5.41, 5.74) is 4.18. The Labute approximate surface area is 194 Å². The van der Waals surface area contributed by atoms with E-state index < -0.39 is 0 Å². The maximum Gasteiger partial charge on any atom is 0.241 e. The second-order valence-corrected chi connectivity index (χ2v) is 8.68. The van der Waals surface area contributed by atoms with Crippen LogP contribution in [0.25, 0.3) is 11.4 Å². The summed E-state index contributed by atoms with van der Waals surface area (Å²) >= 11 is 6.07. The van der Waals surface area contributed by atoms with Gasteiger partial charge in [0.25, 0.3) is 0 Å². The summed E-state index contributed by atoms with van der Waals surface area (Å²) in [5, 5.41) is 7.96. The normalized spacial score (nSPS) is 16.8. The number of carbonyl (C=O) groups is 1.